The van der Waals surface area contributed by atoms with Crippen LogP contribution in [0.5, 0.6) is 0 Å². The van der Waals surface area contributed by atoms with Gasteiger partial charge in [-0.25, -0.2) is 0 Å². The normalized spacial score (nSPS) is 20.6. The van der Waals surface area contributed by atoms with Gasteiger partial charge in [-0.2, -0.15) is 0 Å². The van der Waals surface area contributed by atoms with Crippen LogP contribution in [-0.4, -0.2) is 55.0 Å². The predicted molar refractivity (Wildman–Crippen MR) is 87.6 cm³/mol. The maximum absolute atomic E-state index is 12.7. The first-order chi connectivity index (χ1) is 10.5. The Balaban J connectivity index is 2.09. The molecule has 1 N–H and O–H groups in total. The van der Waals surface area contributed by atoms with Gasteiger partial charge in [0.2, 0.25) is 0 Å². The van der Waals surface area contributed by atoms with Crippen LogP contribution in [0.15, 0.2) is 30.3 Å². The van der Waals surface area contributed by atoms with Crippen LogP contribution < -0.4 is 0 Å². The van der Waals surface area contributed by atoms with Crippen molar-refractivity contribution < 1.29 is 14.6 Å². The number of hydrogen-bond acceptors (Lipinski definition) is 3. The fraction of sp³-hybridized carbons (Fsp3) is 0.529. The molecule has 0 aromatic heterocycles. The van der Waals surface area contributed by atoms with Crippen molar-refractivity contribution in [3.05, 3.63) is 35.9 Å². The summed E-state index contributed by atoms with van der Waals surface area (Å²) in [5.41, 5.74) is 1.17. The van der Waals surface area contributed by atoms with E-state index in [2.05, 4.69) is 27.7 Å². The van der Waals surface area contributed by atoms with Crippen LogP contribution >= 0.6 is 0 Å². The van der Waals surface area contributed by atoms with Crippen LogP contribution in [0.4, 0.5) is 0 Å². The maximum atomic E-state index is 12.7. The molecule has 5 heteroatoms. The van der Waals surface area contributed by atoms with Gasteiger partial charge in [-0.15, -0.1) is 0 Å². The van der Waals surface area contributed by atoms with E-state index in [0.717, 1.165) is 12.8 Å². The number of amides is 1. The number of carbonyl (C=O) groups excluding carboxylic acids is 1. The number of aliphatic hydroxyl groups is 1. The van der Waals surface area contributed by atoms with Crippen molar-refractivity contribution in [1.29, 1.82) is 0 Å². The summed E-state index contributed by atoms with van der Waals surface area (Å²) in [6.45, 7) is 4.27. The standard InChI is InChI=1S/C17H23NO3Se/c1-3-7-15(19)12(2)16(20)18-14(11-21-17(18)22)10-13-8-5-4-6-9-13/h4-6,8-9,12,14-15,19H,3,7,10-11H2,1-2H3/t12-,14+,15-/m1/s1. The summed E-state index contributed by atoms with van der Waals surface area (Å²) in [6.07, 6.45) is 1.63. The van der Waals surface area contributed by atoms with E-state index in [-0.39, 0.29) is 11.9 Å². The van der Waals surface area contributed by atoms with Gasteiger partial charge >= 0.3 is 139 Å². The number of hydrogen-bond donors (Lipinski definition) is 1. The molecule has 1 aromatic rings. The third-order valence-electron chi connectivity index (χ3n) is 4.06. The van der Waals surface area contributed by atoms with Gasteiger partial charge in [0.05, 0.1) is 0 Å². The van der Waals surface area contributed by atoms with Crippen molar-refractivity contribution in [2.45, 2.75) is 45.3 Å². The summed E-state index contributed by atoms with van der Waals surface area (Å²) in [7, 11) is 0. The Morgan fingerprint density at radius 2 is 2.14 bits per heavy atom. The van der Waals surface area contributed by atoms with E-state index in [0.29, 0.717) is 17.8 Å². The molecule has 0 spiro atoms. The molecule has 120 valence electrons. The summed E-state index contributed by atoms with van der Waals surface area (Å²) in [4.78, 5) is 14.4. The molecule has 0 bridgehead atoms. The van der Waals surface area contributed by atoms with Gasteiger partial charge in [-0.3, -0.25) is 0 Å². The van der Waals surface area contributed by atoms with Crippen molar-refractivity contribution in [3.63, 3.8) is 0 Å². The average molecular weight is 368 g/mol. The van der Waals surface area contributed by atoms with Gasteiger partial charge in [0.25, 0.3) is 0 Å². The molecule has 2 rings (SSSR count). The molecule has 0 saturated carbocycles. The van der Waals surface area contributed by atoms with E-state index >= 15 is 0 Å². The molecule has 22 heavy (non-hydrogen) atoms. The Morgan fingerprint density at radius 1 is 1.45 bits per heavy atom. The van der Waals surface area contributed by atoms with Crippen LogP contribution in [0.3, 0.4) is 0 Å². The van der Waals surface area contributed by atoms with E-state index in [4.69, 9.17) is 4.74 Å². The summed E-state index contributed by atoms with van der Waals surface area (Å²) in [5.74, 6) is -0.503. The van der Waals surface area contributed by atoms with Crippen molar-refractivity contribution in [2.75, 3.05) is 6.61 Å². The van der Waals surface area contributed by atoms with E-state index in [1.54, 1.807) is 11.8 Å². The molecular formula is C17H23NO3Se. The molecule has 1 saturated heterocycles. The molecule has 1 heterocycles. The molecule has 0 radical (unpaired) electrons. The van der Waals surface area contributed by atoms with E-state index < -0.39 is 12.0 Å². The second-order valence-corrected chi connectivity index (χ2v) is 6.51. The van der Waals surface area contributed by atoms with E-state index in [1.807, 2.05) is 25.1 Å². The molecule has 1 aromatic carbocycles. The van der Waals surface area contributed by atoms with Crippen LogP contribution in [-0.2, 0) is 16.0 Å². The van der Waals surface area contributed by atoms with E-state index in [9.17, 15) is 9.90 Å². The van der Waals surface area contributed by atoms with Gasteiger partial charge in [-0.05, 0) is 0 Å². The second-order valence-electron chi connectivity index (χ2n) is 5.77. The summed E-state index contributed by atoms with van der Waals surface area (Å²) in [6, 6.07) is 10.0. The summed E-state index contributed by atoms with van der Waals surface area (Å²) < 4.78 is 6.06. The topological polar surface area (TPSA) is 49.8 Å². The number of rotatable bonds is 6. The fourth-order valence-corrected chi connectivity index (χ4v) is 3.34. The van der Waals surface area contributed by atoms with Gasteiger partial charge in [-0.1, -0.05) is 0 Å². The summed E-state index contributed by atoms with van der Waals surface area (Å²) >= 11 is 2.83. The first-order valence-electron chi connectivity index (χ1n) is 7.76. The van der Waals surface area contributed by atoms with E-state index in [1.165, 1.54) is 5.56 Å². The van der Waals surface area contributed by atoms with Gasteiger partial charge in [0.15, 0.2) is 0 Å². The SMILES string of the molecule is CCC[C@@H](O)[C@@H](C)C(=O)N1C(=[Se])OC[C@@H]1Cc1ccccc1. The quantitative estimate of drug-likeness (QED) is 0.775. The average Bonchev–Trinajstić information content (AvgIpc) is 2.87. The van der Waals surface area contributed by atoms with Gasteiger partial charge in [0, 0.05) is 0 Å². The minimum atomic E-state index is -0.608. The third kappa shape index (κ3) is 3.97. The van der Waals surface area contributed by atoms with Crippen molar-refractivity contribution in [2.24, 2.45) is 5.92 Å². The van der Waals surface area contributed by atoms with Crippen LogP contribution in [0.2, 0.25) is 0 Å². The third-order valence-corrected chi connectivity index (χ3v) is 4.72. The predicted octanol–water partition coefficient (Wildman–Crippen LogP) is 1.51. The van der Waals surface area contributed by atoms with Crippen molar-refractivity contribution in [1.82, 2.24) is 4.90 Å². The number of nitrogens with zero attached hydrogens (tertiary/aromatic N) is 1. The Hall–Kier alpha value is -1.16. The molecule has 3 atom stereocenters. The molecule has 1 fully saturated rings. The Morgan fingerprint density at radius 3 is 2.77 bits per heavy atom. The Labute approximate surface area is 139 Å². The number of benzene rings is 1. The van der Waals surface area contributed by atoms with Crippen LogP contribution in [0.1, 0.15) is 32.3 Å². The molecule has 1 aliphatic heterocycles. The second kappa shape index (κ2) is 7.91. The van der Waals surface area contributed by atoms with Gasteiger partial charge < -0.3 is 0 Å². The Kier molecular flexibility index (Phi) is 6.18. The van der Waals surface area contributed by atoms with Crippen molar-refractivity contribution >= 4 is 26.2 Å². The van der Waals surface area contributed by atoms with Crippen LogP contribution in [0, 0.1) is 5.92 Å². The zero-order valence-electron chi connectivity index (χ0n) is 13.1. The van der Waals surface area contributed by atoms with Crippen molar-refractivity contribution in [3.8, 4) is 0 Å². The molecular weight excluding hydrogens is 345 g/mol. The fourth-order valence-electron chi connectivity index (χ4n) is 2.70. The first-order valence-corrected chi connectivity index (χ1v) is 8.62. The molecule has 0 aliphatic carbocycles. The van der Waals surface area contributed by atoms with Gasteiger partial charge in [0.1, 0.15) is 0 Å². The monoisotopic (exact) mass is 369 g/mol. The zero-order chi connectivity index (χ0) is 16.1. The molecule has 0 unspecified atom stereocenters. The molecule has 1 amide bonds. The zero-order valence-corrected chi connectivity index (χ0v) is 14.8. The first kappa shape index (κ1) is 17.2. The minimum absolute atomic E-state index is 0.0255. The Bertz CT molecular complexity index is 520. The number of ether oxygens (including phenoxy) is 1. The van der Waals surface area contributed by atoms with Crippen LogP contribution in [0.25, 0.3) is 0 Å². The molecule has 4 nitrogen and oxygen atoms in total. The number of aliphatic hydroxyl groups excluding tert-OH is 1. The number of carbonyl (C=O) groups is 1. The summed E-state index contributed by atoms with van der Waals surface area (Å²) in [5, 5.41) is 10.1. The molecule has 1 aliphatic rings.